The van der Waals surface area contributed by atoms with Crippen LogP contribution in [0.5, 0.6) is 0 Å². The van der Waals surface area contributed by atoms with Gasteiger partial charge in [0.15, 0.2) is 0 Å². The van der Waals surface area contributed by atoms with Crippen LogP contribution in [-0.4, -0.2) is 9.55 Å². The Kier molecular flexibility index (Phi) is 2.01. The fourth-order valence-electron chi connectivity index (χ4n) is 2.20. The highest BCUT2D eigenvalue weighted by Crippen LogP contribution is 2.22. The Labute approximate surface area is 98.3 Å². The number of hydrogen-bond donors (Lipinski definition) is 0. The van der Waals surface area contributed by atoms with Crippen molar-refractivity contribution in [2.45, 2.75) is 6.92 Å². The van der Waals surface area contributed by atoms with E-state index in [0.717, 1.165) is 21.8 Å². The molecule has 0 atom stereocenters. The van der Waals surface area contributed by atoms with Gasteiger partial charge in [0.1, 0.15) is 5.69 Å². The average molecular weight is 224 g/mol. The fraction of sp³-hybridized carbons (Fsp3) is 0.143. The van der Waals surface area contributed by atoms with Gasteiger partial charge in [-0.1, -0.05) is 30.3 Å². The standard InChI is InChI=1S/C14H12N2O/c1-9-14(17)16(2)12-8-7-10-5-3-4-6-11(10)13(12)15-9/h3-8H,1-2H3. The number of aryl methyl sites for hydroxylation is 2. The zero-order valence-corrected chi connectivity index (χ0v) is 9.77. The molecular formula is C14H12N2O. The lowest BCUT2D eigenvalue weighted by molar-refractivity contribution is 0.873. The van der Waals surface area contributed by atoms with Crippen LogP contribution < -0.4 is 5.56 Å². The highest BCUT2D eigenvalue weighted by Gasteiger charge is 2.07. The molecule has 0 aliphatic heterocycles. The van der Waals surface area contributed by atoms with Crippen molar-refractivity contribution in [3.05, 3.63) is 52.4 Å². The second kappa shape index (κ2) is 3.42. The van der Waals surface area contributed by atoms with Crippen LogP contribution in [0.25, 0.3) is 21.8 Å². The minimum atomic E-state index is -0.0345. The van der Waals surface area contributed by atoms with E-state index in [9.17, 15) is 4.79 Å². The van der Waals surface area contributed by atoms with E-state index in [2.05, 4.69) is 11.1 Å². The zero-order valence-electron chi connectivity index (χ0n) is 9.77. The predicted molar refractivity (Wildman–Crippen MR) is 69.2 cm³/mol. The predicted octanol–water partition coefficient (Wildman–Crippen LogP) is 2.40. The van der Waals surface area contributed by atoms with Crippen LogP contribution in [-0.2, 0) is 7.05 Å². The van der Waals surface area contributed by atoms with Gasteiger partial charge in [-0.15, -0.1) is 0 Å². The number of rotatable bonds is 0. The Morgan fingerprint density at radius 1 is 1.12 bits per heavy atom. The van der Waals surface area contributed by atoms with Crippen molar-refractivity contribution < 1.29 is 0 Å². The number of hydrogen-bond acceptors (Lipinski definition) is 2. The SMILES string of the molecule is Cc1nc2c3ccccc3ccc2n(C)c1=O. The van der Waals surface area contributed by atoms with Gasteiger partial charge in [-0.05, 0) is 18.4 Å². The molecule has 3 aromatic rings. The third kappa shape index (κ3) is 1.35. The average Bonchev–Trinajstić information content (AvgIpc) is 2.36. The maximum absolute atomic E-state index is 11.8. The maximum atomic E-state index is 11.8. The van der Waals surface area contributed by atoms with Crippen LogP contribution in [0.3, 0.4) is 0 Å². The lowest BCUT2D eigenvalue weighted by Gasteiger charge is -2.08. The molecule has 3 nitrogen and oxygen atoms in total. The zero-order chi connectivity index (χ0) is 12.0. The van der Waals surface area contributed by atoms with Gasteiger partial charge in [0.25, 0.3) is 5.56 Å². The molecule has 0 N–H and O–H groups in total. The Bertz CT molecular complexity index is 787. The minimum absolute atomic E-state index is 0.0345. The summed E-state index contributed by atoms with van der Waals surface area (Å²) < 4.78 is 1.66. The first kappa shape index (κ1) is 10.0. The van der Waals surface area contributed by atoms with E-state index >= 15 is 0 Å². The number of fused-ring (bicyclic) bond motifs is 3. The molecule has 0 bridgehead atoms. The molecule has 84 valence electrons. The molecule has 3 rings (SSSR count). The second-order valence-corrected chi connectivity index (χ2v) is 4.22. The van der Waals surface area contributed by atoms with E-state index in [-0.39, 0.29) is 5.56 Å². The van der Waals surface area contributed by atoms with Gasteiger partial charge in [-0.2, -0.15) is 0 Å². The van der Waals surface area contributed by atoms with Gasteiger partial charge in [-0.3, -0.25) is 4.79 Å². The van der Waals surface area contributed by atoms with Crippen molar-refractivity contribution in [3.63, 3.8) is 0 Å². The topological polar surface area (TPSA) is 34.9 Å². The summed E-state index contributed by atoms with van der Waals surface area (Å²) in [5.74, 6) is 0. The van der Waals surface area contributed by atoms with E-state index in [1.54, 1.807) is 18.5 Å². The maximum Gasteiger partial charge on any atom is 0.272 e. The third-order valence-electron chi connectivity index (χ3n) is 3.13. The van der Waals surface area contributed by atoms with E-state index < -0.39 is 0 Å². The Hall–Kier alpha value is -2.16. The summed E-state index contributed by atoms with van der Waals surface area (Å²) in [7, 11) is 1.79. The third-order valence-corrected chi connectivity index (χ3v) is 3.13. The summed E-state index contributed by atoms with van der Waals surface area (Å²) >= 11 is 0. The van der Waals surface area contributed by atoms with Crippen LogP contribution >= 0.6 is 0 Å². The van der Waals surface area contributed by atoms with Crippen molar-refractivity contribution in [2.24, 2.45) is 7.05 Å². The molecule has 0 aliphatic carbocycles. The normalized spacial score (nSPS) is 11.2. The molecule has 0 saturated carbocycles. The number of benzene rings is 2. The van der Waals surface area contributed by atoms with E-state index in [4.69, 9.17) is 0 Å². The van der Waals surface area contributed by atoms with Crippen LogP contribution in [0.4, 0.5) is 0 Å². The van der Waals surface area contributed by atoms with Crippen LogP contribution in [0.15, 0.2) is 41.2 Å². The summed E-state index contributed by atoms with van der Waals surface area (Å²) in [6, 6.07) is 12.1. The van der Waals surface area contributed by atoms with Crippen molar-refractivity contribution in [1.29, 1.82) is 0 Å². The fourth-order valence-corrected chi connectivity index (χ4v) is 2.20. The van der Waals surface area contributed by atoms with Gasteiger partial charge >= 0.3 is 0 Å². The second-order valence-electron chi connectivity index (χ2n) is 4.22. The largest absolute Gasteiger partial charge is 0.308 e. The van der Waals surface area contributed by atoms with Crippen molar-refractivity contribution >= 4 is 21.8 Å². The molecule has 0 fully saturated rings. The molecule has 0 spiro atoms. The van der Waals surface area contributed by atoms with E-state index in [0.29, 0.717) is 5.69 Å². The van der Waals surface area contributed by atoms with Crippen molar-refractivity contribution in [2.75, 3.05) is 0 Å². The van der Waals surface area contributed by atoms with Gasteiger partial charge in [0.05, 0.1) is 11.0 Å². The molecule has 3 heteroatoms. The first-order valence-electron chi connectivity index (χ1n) is 5.53. The lowest BCUT2D eigenvalue weighted by Crippen LogP contribution is -2.21. The van der Waals surface area contributed by atoms with Crippen molar-refractivity contribution in [1.82, 2.24) is 9.55 Å². The van der Waals surface area contributed by atoms with Gasteiger partial charge < -0.3 is 4.57 Å². The molecule has 1 heterocycles. The highest BCUT2D eigenvalue weighted by atomic mass is 16.1. The Morgan fingerprint density at radius 2 is 1.88 bits per heavy atom. The van der Waals surface area contributed by atoms with Crippen LogP contribution in [0.2, 0.25) is 0 Å². The van der Waals surface area contributed by atoms with Gasteiger partial charge in [-0.25, -0.2) is 4.98 Å². The summed E-state index contributed by atoms with van der Waals surface area (Å²) in [5, 5.41) is 2.23. The molecule has 0 unspecified atom stereocenters. The summed E-state index contributed by atoms with van der Waals surface area (Å²) in [6.07, 6.45) is 0. The summed E-state index contributed by atoms with van der Waals surface area (Å²) in [6.45, 7) is 1.75. The van der Waals surface area contributed by atoms with Crippen LogP contribution in [0, 0.1) is 6.92 Å². The number of aromatic nitrogens is 2. The molecular weight excluding hydrogens is 212 g/mol. The first-order chi connectivity index (χ1) is 8.18. The minimum Gasteiger partial charge on any atom is -0.308 e. The molecule has 2 aromatic carbocycles. The highest BCUT2D eigenvalue weighted by molar-refractivity contribution is 6.03. The lowest BCUT2D eigenvalue weighted by atomic mass is 10.1. The Morgan fingerprint density at radius 3 is 2.71 bits per heavy atom. The van der Waals surface area contributed by atoms with Gasteiger partial charge in [0.2, 0.25) is 0 Å². The molecule has 0 radical (unpaired) electrons. The molecule has 0 saturated heterocycles. The van der Waals surface area contributed by atoms with E-state index in [1.807, 2.05) is 30.3 Å². The molecule has 17 heavy (non-hydrogen) atoms. The van der Waals surface area contributed by atoms with Crippen LogP contribution in [0.1, 0.15) is 5.69 Å². The Balaban J connectivity index is 2.64. The van der Waals surface area contributed by atoms with E-state index in [1.165, 1.54) is 0 Å². The molecule has 1 aromatic heterocycles. The number of nitrogens with zero attached hydrogens (tertiary/aromatic N) is 2. The summed E-state index contributed by atoms with van der Waals surface area (Å²) in [4.78, 5) is 16.2. The smallest absolute Gasteiger partial charge is 0.272 e. The quantitative estimate of drug-likeness (QED) is 0.549. The monoisotopic (exact) mass is 224 g/mol. The molecule has 0 aliphatic rings. The van der Waals surface area contributed by atoms with Gasteiger partial charge in [0, 0.05) is 12.4 Å². The van der Waals surface area contributed by atoms with Crippen molar-refractivity contribution in [3.8, 4) is 0 Å². The molecule has 0 amide bonds. The summed E-state index contributed by atoms with van der Waals surface area (Å²) in [5.41, 5.74) is 2.27. The first-order valence-corrected chi connectivity index (χ1v) is 5.53.